The first kappa shape index (κ1) is 14.2. The lowest BCUT2D eigenvalue weighted by atomic mass is 10.1. The van der Waals surface area contributed by atoms with Gasteiger partial charge in [-0.15, -0.1) is 0 Å². The third kappa shape index (κ3) is 5.33. The monoisotopic (exact) mass is 235 g/mol. The number of nitrogens with zero attached hydrogens (tertiary/aromatic N) is 1. The van der Waals surface area contributed by atoms with Crippen LogP contribution in [-0.4, -0.2) is 29.2 Å². The number of unbranched alkanes of at least 4 members (excludes halogenated alkanes) is 1. The normalized spacial score (nSPS) is 12.9. The average Bonchev–Trinajstić information content (AvgIpc) is 2.38. The van der Waals surface area contributed by atoms with E-state index in [0.29, 0.717) is 12.6 Å². The third-order valence-electron chi connectivity index (χ3n) is 3.30. The first-order valence-electron chi connectivity index (χ1n) is 6.66. The lowest BCUT2D eigenvalue weighted by molar-refractivity contribution is 0.183. The molecule has 1 atom stereocenters. The molecule has 0 radical (unpaired) electrons. The number of benzene rings is 1. The molecular formula is C15H25NO. The molecule has 1 N–H and O–H groups in total. The second-order valence-corrected chi connectivity index (χ2v) is 4.64. The van der Waals surface area contributed by atoms with Crippen molar-refractivity contribution in [3.05, 3.63) is 35.9 Å². The average molecular weight is 235 g/mol. The molecule has 17 heavy (non-hydrogen) atoms. The molecule has 1 aromatic carbocycles. The minimum absolute atomic E-state index is 0.305. The minimum Gasteiger partial charge on any atom is -0.396 e. The lowest BCUT2D eigenvalue weighted by Gasteiger charge is -2.28. The number of hydrogen-bond donors (Lipinski definition) is 1. The van der Waals surface area contributed by atoms with Gasteiger partial charge in [0.2, 0.25) is 0 Å². The summed E-state index contributed by atoms with van der Waals surface area (Å²) < 4.78 is 0. The van der Waals surface area contributed by atoms with Crippen LogP contribution in [0.4, 0.5) is 0 Å². The Hall–Kier alpha value is -0.860. The van der Waals surface area contributed by atoms with E-state index in [1.54, 1.807) is 0 Å². The molecule has 0 aliphatic carbocycles. The van der Waals surface area contributed by atoms with Crippen LogP contribution in [0.15, 0.2) is 30.3 Å². The largest absolute Gasteiger partial charge is 0.396 e. The van der Waals surface area contributed by atoms with Gasteiger partial charge < -0.3 is 5.11 Å². The molecule has 0 spiro atoms. The van der Waals surface area contributed by atoms with Crippen LogP contribution < -0.4 is 0 Å². The van der Waals surface area contributed by atoms with Gasteiger partial charge in [-0.3, -0.25) is 4.90 Å². The second-order valence-electron chi connectivity index (χ2n) is 4.64. The van der Waals surface area contributed by atoms with E-state index in [0.717, 1.165) is 25.9 Å². The van der Waals surface area contributed by atoms with Crippen LogP contribution >= 0.6 is 0 Å². The Kier molecular flexibility index (Phi) is 6.90. The summed E-state index contributed by atoms with van der Waals surface area (Å²) in [6.07, 6.45) is 3.15. The third-order valence-corrected chi connectivity index (χ3v) is 3.30. The van der Waals surface area contributed by atoms with Gasteiger partial charge >= 0.3 is 0 Å². The molecule has 0 aliphatic heterocycles. The van der Waals surface area contributed by atoms with Crippen molar-refractivity contribution >= 4 is 0 Å². The summed E-state index contributed by atoms with van der Waals surface area (Å²) >= 11 is 0. The fourth-order valence-electron chi connectivity index (χ4n) is 1.96. The molecule has 0 bridgehead atoms. The van der Waals surface area contributed by atoms with Gasteiger partial charge in [-0.1, -0.05) is 37.3 Å². The van der Waals surface area contributed by atoms with Crippen LogP contribution in [0.5, 0.6) is 0 Å². The minimum atomic E-state index is 0.305. The van der Waals surface area contributed by atoms with Gasteiger partial charge in [-0.2, -0.15) is 0 Å². The van der Waals surface area contributed by atoms with E-state index >= 15 is 0 Å². The summed E-state index contributed by atoms with van der Waals surface area (Å²) in [6.45, 7) is 6.90. The van der Waals surface area contributed by atoms with E-state index in [1.807, 2.05) is 0 Å². The van der Waals surface area contributed by atoms with Crippen LogP contribution in [0.3, 0.4) is 0 Å². The van der Waals surface area contributed by atoms with Gasteiger partial charge in [0.15, 0.2) is 0 Å². The van der Waals surface area contributed by atoms with E-state index in [4.69, 9.17) is 5.11 Å². The molecule has 0 aliphatic rings. The standard InChI is InChI=1S/C15H25NO/c1-3-14(2)16(11-7-8-12-17)13-15-9-5-4-6-10-15/h4-6,9-10,14,17H,3,7-8,11-13H2,1-2H3. The summed E-state index contributed by atoms with van der Waals surface area (Å²) in [4.78, 5) is 2.50. The van der Waals surface area contributed by atoms with E-state index in [2.05, 4.69) is 49.1 Å². The molecule has 0 amide bonds. The fourth-order valence-corrected chi connectivity index (χ4v) is 1.96. The number of aliphatic hydroxyl groups excluding tert-OH is 1. The summed E-state index contributed by atoms with van der Waals surface area (Å²) in [6, 6.07) is 11.2. The smallest absolute Gasteiger partial charge is 0.0431 e. The van der Waals surface area contributed by atoms with Gasteiger partial charge in [-0.05, 0) is 38.3 Å². The van der Waals surface area contributed by atoms with Gasteiger partial charge in [0.05, 0.1) is 0 Å². The first-order chi connectivity index (χ1) is 8.27. The van der Waals surface area contributed by atoms with Crippen LogP contribution in [0.25, 0.3) is 0 Å². The van der Waals surface area contributed by atoms with Crippen molar-refractivity contribution in [1.82, 2.24) is 4.90 Å². The molecule has 0 aromatic heterocycles. The molecule has 0 saturated carbocycles. The molecular weight excluding hydrogens is 210 g/mol. The fraction of sp³-hybridized carbons (Fsp3) is 0.600. The predicted molar refractivity (Wildman–Crippen MR) is 72.9 cm³/mol. The molecule has 96 valence electrons. The van der Waals surface area contributed by atoms with Gasteiger partial charge in [0.25, 0.3) is 0 Å². The Bertz CT molecular complexity index is 286. The molecule has 2 nitrogen and oxygen atoms in total. The predicted octanol–water partition coefficient (Wildman–Crippen LogP) is 3.06. The zero-order chi connectivity index (χ0) is 12.5. The topological polar surface area (TPSA) is 23.5 Å². The quantitative estimate of drug-likeness (QED) is 0.700. The van der Waals surface area contributed by atoms with Crippen LogP contribution in [0.2, 0.25) is 0 Å². The highest BCUT2D eigenvalue weighted by atomic mass is 16.2. The van der Waals surface area contributed by atoms with Crippen molar-refractivity contribution in [1.29, 1.82) is 0 Å². The van der Waals surface area contributed by atoms with Crippen molar-refractivity contribution in [3.63, 3.8) is 0 Å². The van der Waals surface area contributed by atoms with Gasteiger partial charge in [0, 0.05) is 19.2 Å². The van der Waals surface area contributed by atoms with Crippen molar-refractivity contribution < 1.29 is 5.11 Å². The van der Waals surface area contributed by atoms with Gasteiger partial charge in [0.1, 0.15) is 0 Å². The zero-order valence-corrected chi connectivity index (χ0v) is 11.1. The molecule has 0 saturated heterocycles. The molecule has 0 fully saturated rings. The van der Waals surface area contributed by atoms with E-state index in [9.17, 15) is 0 Å². The number of hydrogen-bond acceptors (Lipinski definition) is 2. The molecule has 1 aromatic rings. The summed E-state index contributed by atoms with van der Waals surface area (Å²) in [7, 11) is 0. The molecule has 0 heterocycles. The Labute approximate surface area is 105 Å². The highest BCUT2D eigenvalue weighted by Gasteiger charge is 2.11. The maximum atomic E-state index is 8.85. The van der Waals surface area contributed by atoms with Gasteiger partial charge in [-0.25, -0.2) is 0 Å². The molecule has 1 rings (SSSR count). The number of aliphatic hydroxyl groups is 1. The van der Waals surface area contributed by atoms with Crippen LogP contribution in [0.1, 0.15) is 38.7 Å². The zero-order valence-electron chi connectivity index (χ0n) is 11.1. The van der Waals surface area contributed by atoms with Crippen molar-refractivity contribution in [2.75, 3.05) is 13.2 Å². The van der Waals surface area contributed by atoms with Crippen LogP contribution in [0, 0.1) is 0 Å². The van der Waals surface area contributed by atoms with E-state index in [-0.39, 0.29) is 0 Å². The van der Waals surface area contributed by atoms with E-state index in [1.165, 1.54) is 12.0 Å². The second kappa shape index (κ2) is 8.26. The maximum Gasteiger partial charge on any atom is 0.0431 e. The number of rotatable bonds is 8. The Morgan fingerprint density at radius 1 is 1.18 bits per heavy atom. The lowest BCUT2D eigenvalue weighted by Crippen LogP contribution is -2.33. The highest BCUT2D eigenvalue weighted by Crippen LogP contribution is 2.11. The summed E-state index contributed by atoms with van der Waals surface area (Å²) in [5, 5.41) is 8.85. The van der Waals surface area contributed by atoms with Crippen LogP contribution in [-0.2, 0) is 6.54 Å². The van der Waals surface area contributed by atoms with Crippen molar-refractivity contribution in [2.45, 2.75) is 45.7 Å². The molecule has 2 heteroatoms. The van der Waals surface area contributed by atoms with Crippen molar-refractivity contribution in [2.24, 2.45) is 0 Å². The molecule has 1 unspecified atom stereocenters. The summed E-state index contributed by atoms with van der Waals surface area (Å²) in [5.74, 6) is 0. The van der Waals surface area contributed by atoms with Crippen molar-refractivity contribution in [3.8, 4) is 0 Å². The Balaban J connectivity index is 2.51. The Morgan fingerprint density at radius 3 is 2.47 bits per heavy atom. The Morgan fingerprint density at radius 2 is 1.88 bits per heavy atom. The van der Waals surface area contributed by atoms with E-state index < -0.39 is 0 Å². The first-order valence-corrected chi connectivity index (χ1v) is 6.66. The summed E-state index contributed by atoms with van der Waals surface area (Å²) in [5.41, 5.74) is 1.37. The maximum absolute atomic E-state index is 8.85. The SMILES string of the molecule is CCC(C)N(CCCCO)Cc1ccccc1. The highest BCUT2D eigenvalue weighted by molar-refractivity contribution is 5.14.